The molecule has 1 aromatic heterocycles. The number of hydrogen-bond acceptors (Lipinski definition) is 6. The second kappa shape index (κ2) is 9.70. The number of nitrogens with zero attached hydrogens (tertiary/aromatic N) is 4. The van der Waals surface area contributed by atoms with Crippen LogP contribution in [0.25, 0.3) is 0 Å². The molecule has 0 radical (unpaired) electrons. The smallest absolute Gasteiger partial charge is 0.269 e. The summed E-state index contributed by atoms with van der Waals surface area (Å²) >= 11 is 0. The molecule has 2 aliphatic heterocycles. The van der Waals surface area contributed by atoms with E-state index >= 15 is 0 Å². The first-order valence-electron chi connectivity index (χ1n) is 11.2. The first-order valence-corrected chi connectivity index (χ1v) is 11.2. The molecule has 3 heterocycles. The Morgan fingerprint density at radius 3 is 2.67 bits per heavy atom. The lowest BCUT2D eigenvalue weighted by Crippen LogP contribution is -2.51. The number of fused-ring (bicyclic) bond motifs is 1. The van der Waals surface area contributed by atoms with E-state index in [4.69, 9.17) is 0 Å². The minimum Gasteiger partial charge on any atom is -0.383 e. The Labute approximate surface area is 191 Å². The van der Waals surface area contributed by atoms with Gasteiger partial charge in [-0.2, -0.15) is 5.10 Å². The second-order valence-electron chi connectivity index (χ2n) is 8.73. The number of halogens is 1. The Balaban J connectivity index is 1.47. The third-order valence-corrected chi connectivity index (χ3v) is 6.21. The van der Waals surface area contributed by atoms with Crippen molar-refractivity contribution in [3.8, 4) is 0 Å². The Bertz CT molecular complexity index is 1110. The van der Waals surface area contributed by atoms with Gasteiger partial charge in [0.05, 0.1) is 23.5 Å². The first-order chi connectivity index (χ1) is 15.8. The topological polar surface area (TPSA) is 102 Å². The number of piperazine rings is 1. The van der Waals surface area contributed by atoms with Crippen LogP contribution in [0.1, 0.15) is 33.6 Å². The number of benzene rings is 1. The fourth-order valence-corrected chi connectivity index (χ4v) is 4.23. The van der Waals surface area contributed by atoms with Crippen molar-refractivity contribution >= 4 is 17.5 Å². The van der Waals surface area contributed by atoms with Crippen molar-refractivity contribution in [3.05, 3.63) is 56.8 Å². The number of nitrogens with one attached hydrogen (secondary N) is 2. The fourth-order valence-electron chi connectivity index (χ4n) is 4.23. The highest BCUT2D eigenvalue weighted by atomic mass is 19.1. The SMILES string of the molecule is CN(C)C(=O)CN1CCN(C(=O)c2cc(Cc3n[nH]c(=O)c4c3NCCC4)ccc2F)CC1. The molecule has 2 aromatic rings. The summed E-state index contributed by atoms with van der Waals surface area (Å²) < 4.78 is 14.6. The van der Waals surface area contributed by atoms with Gasteiger partial charge in [0, 0.05) is 58.8 Å². The van der Waals surface area contributed by atoms with Crippen LogP contribution in [0.2, 0.25) is 0 Å². The van der Waals surface area contributed by atoms with Crippen molar-refractivity contribution in [2.75, 3.05) is 58.7 Å². The molecule has 176 valence electrons. The van der Waals surface area contributed by atoms with Crippen LogP contribution in [-0.2, 0) is 17.6 Å². The first kappa shape index (κ1) is 22.9. The van der Waals surface area contributed by atoms with E-state index in [0.29, 0.717) is 56.8 Å². The molecule has 0 aliphatic carbocycles. The molecule has 1 fully saturated rings. The van der Waals surface area contributed by atoms with Crippen molar-refractivity contribution in [2.24, 2.45) is 0 Å². The lowest BCUT2D eigenvalue weighted by Gasteiger charge is -2.34. The number of aromatic amines is 1. The molecule has 10 heteroatoms. The standard InChI is InChI=1S/C23H29FN6O3/c1-28(2)20(31)14-29-8-10-30(11-9-29)23(33)17-12-15(5-6-18(17)24)13-19-21-16(4-3-7-25-21)22(32)27-26-19/h5-6,12,25H,3-4,7-11,13-14H2,1-2H3,(H,27,32). The van der Waals surface area contributed by atoms with Gasteiger partial charge in [0.15, 0.2) is 0 Å². The summed E-state index contributed by atoms with van der Waals surface area (Å²) in [4.78, 5) is 42.2. The number of H-pyrrole nitrogens is 1. The van der Waals surface area contributed by atoms with Gasteiger partial charge in [0.2, 0.25) is 5.91 Å². The highest BCUT2D eigenvalue weighted by molar-refractivity contribution is 5.94. The Hall–Kier alpha value is -3.27. The summed E-state index contributed by atoms with van der Waals surface area (Å²) in [6.07, 6.45) is 1.94. The van der Waals surface area contributed by atoms with Crippen LogP contribution in [0.3, 0.4) is 0 Å². The maximum Gasteiger partial charge on any atom is 0.269 e. The van der Waals surface area contributed by atoms with Gasteiger partial charge in [-0.1, -0.05) is 6.07 Å². The molecule has 1 aromatic carbocycles. The molecule has 9 nitrogen and oxygen atoms in total. The third-order valence-electron chi connectivity index (χ3n) is 6.21. The van der Waals surface area contributed by atoms with Crippen LogP contribution in [0.5, 0.6) is 0 Å². The van der Waals surface area contributed by atoms with E-state index < -0.39 is 5.82 Å². The molecule has 0 spiro atoms. The zero-order chi connectivity index (χ0) is 23.5. The van der Waals surface area contributed by atoms with Crippen LogP contribution in [0, 0.1) is 5.82 Å². The van der Waals surface area contributed by atoms with Crippen molar-refractivity contribution in [1.29, 1.82) is 0 Å². The monoisotopic (exact) mass is 456 g/mol. The number of likely N-dealkylation sites (N-methyl/N-ethyl adjacent to an activating group) is 1. The number of anilines is 1. The lowest BCUT2D eigenvalue weighted by molar-refractivity contribution is -0.130. The summed E-state index contributed by atoms with van der Waals surface area (Å²) in [6, 6.07) is 4.51. The van der Waals surface area contributed by atoms with Crippen LogP contribution < -0.4 is 10.9 Å². The van der Waals surface area contributed by atoms with Crippen molar-refractivity contribution in [3.63, 3.8) is 0 Å². The van der Waals surface area contributed by atoms with E-state index in [-0.39, 0.29) is 22.9 Å². The second-order valence-corrected chi connectivity index (χ2v) is 8.73. The van der Waals surface area contributed by atoms with Crippen LogP contribution in [0.4, 0.5) is 10.1 Å². The highest BCUT2D eigenvalue weighted by Crippen LogP contribution is 2.24. The van der Waals surface area contributed by atoms with Gasteiger partial charge in [-0.25, -0.2) is 9.49 Å². The Morgan fingerprint density at radius 1 is 1.18 bits per heavy atom. The summed E-state index contributed by atoms with van der Waals surface area (Å²) in [6.45, 7) is 3.06. The minimum absolute atomic E-state index is 0.0149. The average Bonchev–Trinajstić information content (AvgIpc) is 2.82. The lowest BCUT2D eigenvalue weighted by atomic mass is 9.99. The van der Waals surface area contributed by atoms with E-state index in [1.165, 1.54) is 6.07 Å². The molecule has 4 rings (SSSR count). The van der Waals surface area contributed by atoms with Crippen LogP contribution >= 0.6 is 0 Å². The largest absolute Gasteiger partial charge is 0.383 e. The zero-order valence-electron chi connectivity index (χ0n) is 19.0. The van der Waals surface area contributed by atoms with Gasteiger partial charge in [-0.15, -0.1) is 0 Å². The fraction of sp³-hybridized carbons (Fsp3) is 0.478. The van der Waals surface area contributed by atoms with Gasteiger partial charge < -0.3 is 15.1 Å². The van der Waals surface area contributed by atoms with E-state index in [1.807, 2.05) is 4.90 Å². The van der Waals surface area contributed by atoms with Crippen LogP contribution in [0.15, 0.2) is 23.0 Å². The molecule has 0 unspecified atom stereocenters. The number of carbonyl (C=O) groups is 2. The third kappa shape index (κ3) is 5.05. The van der Waals surface area contributed by atoms with E-state index in [1.54, 1.807) is 36.0 Å². The zero-order valence-corrected chi connectivity index (χ0v) is 19.0. The Kier molecular flexibility index (Phi) is 6.73. The molecule has 1 saturated heterocycles. The van der Waals surface area contributed by atoms with Gasteiger partial charge >= 0.3 is 0 Å². The van der Waals surface area contributed by atoms with Gasteiger partial charge in [-0.3, -0.25) is 19.3 Å². The molecule has 2 amide bonds. The van der Waals surface area contributed by atoms with E-state index in [2.05, 4.69) is 15.5 Å². The predicted molar refractivity (Wildman–Crippen MR) is 122 cm³/mol. The highest BCUT2D eigenvalue weighted by Gasteiger charge is 2.26. The van der Waals surface area contributed by atoms with Gasteiger partial charge in [-0.05, 0) is 30.5 Å². The van der Waals surface area contributed by atoms with Gasteiger partial charge in [0.25, 0.3) is 11.5 Å². The minimum atomic E-state index is -0.566. The number of rotatable bonds is 5. The molecular formula is C23H29FN6O3. The van der Waals surface area contributed by atoms with E-state index in [9.17, 15) is 18.8 Å². The summed E-state index contributed by atoms with van der Waals surface area (Å²) in [5, 5.41) is 9.99. The molecule has 2 N–H and O–H groups in total. The van der Waals surface area contributed by atoms with Crippen LogP contribution in [-0.4, -0.2) is 90.1 Å². The van der Waals surface area contributed by atoms with Crippen molar-refractivity contribution in [2.45, 2.75) is 19.3 Å². The number of hydrogen-bond donors (Lipinski definition) is 2. The summed E-state index contributed by atoms with van der Waals surface area (Å²) in [5.74, 6) is -0.910. The normalized spacial score (nSPS) is 16.2. The molecule has 2 aliphatic rings. The molecular weight excluding hydrogens is 427 g/mol. The maximum atomic E-state index is 14.6. The average molecular weight is 457 g/mol. The molecule has 0 bridgehead atoms. The van der Waals surface area contributed by atoms with Crippen molar-refractivity contribution < 1.29 is 14.0 Å². The predicted octanol–water partition coefficient (Wildman–Crippen LogP) is 0.704. The number of amides is 2. The summed E-state index contributed by atoms with van der Waals surface area (Å²) in [5.41, 5.74) is 2.68. The van der Waals surface area contributed by atoms with E-state index in [0.717, 1.165) is 24.2 Å². The molecule has 0 atom stereocenters. The summed E-state index contributed by atoms with van der Waals surface area (Å²) in [7, 11) is 3.43. The Morgan fingerprint density at radius 2 is 1.94 bits per heavy atom. The molecule has 33 heavy (non-hydrogen) atoms. The number of aromatic nitrogens is 2. The van der Waals surface area contributed by atoms with Crippen molar-refractivity contribution in [1.82, 2.24) is 24.9 Å². The molecule has 0 saturated carbocycles. The maximum absolute atomic E-state index is 14.6. The van der Waals surface area contributed by atoms with Gasteiger partial charge in [0.1, 0.15) is 5.82 Å². The quantitative estimate of drug-likeness (QED) is 0.687. The number of carbonyl (C=O) groups excluding carboxylic acids is 2.